The van der Waals surface area contributed by atoms with Crippen molar-refractivity contribution >= 4 is 5.69 Å². The summed E-state index contributed by atoms with van der Waals surface area (Å²) in [5.41, 5.74) is 1.04. The van der Waals surface area contributed by atoms with E-state index in [1.807, 2.05) is 6.07 Å². The molecule has 0 bridgehead atoms. The summed E-state index contributed by atoms with van der Waals surface area (Å²) < 4.78 is 11.5. The largest absolute Gasteiger partial charge is 0.364 e. The minimum Gasteiger partial charge on any atom is -0.364 e. The van der Waals surface area contributed by atoms with Crippen LogP contribution in [0.5, 0.6) is 0 Å². The van der Waals surface area contributed by atoms with Gasteiger partial charge in [0.2, 0.25) is 0 Å². The summed E-state index contributed by atoms with van der Waals surface area (Å²) in [6, 6.07) is 6.85. The quantitative estimate of drug-likeness (QED) is 0.555. The van der Waals surface area contributed by atoms with Crippen molar-refractivity contribution in [3.8, 4) is 0 Å². The number of non-ortho nitro benzene ring substituents is 1. The Hall–Kier alpha value is -2.32. The summed E-state index contributed by atoms with van der Waals surface area (Å²) in [4.78, 5) is 15.1. The minimum absolute atomic E-state index is 0.0532. The summed E-state index contributed by atoms with van der Waals surface area (Å²) >= 11 is 0. The number of hydrogen-bond acceptors (Lipinski definition) is 7. The lowest BCUT2D eigenvalue weighted by Gasteiger charge is -2.20. The highest BCUT2D eigenvalue weighted by Gasteiger charge is 2.34. The zero-order valence-corrected chi connectivity index (χ0v) is 15.3. The molecule has 0 spiro atoms. The molecule has 1 unspecified atom stereocenters. The average Bonchev–Trinajstić information content (AvgIpc) is 3.22. The van der Waals surface area contributed by atoms with Gasteiger partial charge >= 0.3 is 0 Å². The Morgan fingerprint density at radius 2 is 2.19 bits per heavy atom. The lowest BCUT2D eigenvalue weighted by molar-refractivity contribution is -0.384. The van der Waals surface area contributed by atoms with Crippen molar-refractivity contribution in [1.82, 2.24) is 15.5 Å². The monoisotopic (exact) mass is 372 g/mol. The van der Waals surface area contributed by atoms with Gasteiger partial charge in [0.15, 0.2) is 5.82 Å². The molecule has 1 aliphatic carbocycles. The minimum atomic E-state index is -0.360. The van der Waals surface area contributed by atoms with E-state index in [1.54, 1.807) is 12.1 Å². The first kappa shape index (κ1) is 18.1. The van der Waals surface area contributed by atoms with Gasteiger partial charge in [0.05, 0.1) is 11.0 Å². The summed E-state index contributed by atoms with van der Waals surface area (Å²) in [7, 11) is 0. The van der Waals surface area contributed by atoms with E-state index in [2.05, 4.69) is 22.4 Å². The van der Waals surface area contributed by atoms with Gasteiger partial charge in [-0.25, -0.2) is 0 Å². The number of aromatic nitrogens is 2. The number of ether oxygens (including phenoxy) is 1. The molecule has 0 radical (unpaired) electrons. The smallest absolute Gasteiger partial charge is 0.269 e. The Morgan fingerprint density at radius 1 is 1.33 bits per heavy atom. The third-order valence-corrected chi connectivity index (χ3v) is 5.27. The van der Waals surface area contributed by atoms with Crippen molar-refractivity contribution in [3.63, 3.8) is 0 Å². The lowest BCUT2D eigenvalue weighted by Crippen LogP contribution is -2.30. The van der Waals surface area contributed by atoms with Gasteiger partial charge in [-0.2, -0.15) is 4.98 Å². The average molecular weight is 372 g/mol. The predicted molar refractivity (Wildman–Crippen MR) is 97.3 cm³/mol. The summed E-state index contributed by atoms with van der Waals surface area (Å²) in [5, 5.41) is 18.5. The highest BCUT2D eigenvalue weighted by atomic mass is 16.6. The fourth-order valence-corrected chi connectivity index (χ4v) is 3.55. The lowest BCUT2D eigenvalue weighted by atomic mass is 10.0. The first-order valence-corrected chi connectivity index (χ1v) is 9.60. The van der Waals surface area contributed by atoms with E-state index in [4.69, 9.17) is 9.26 Å². The van der Waals surface area contributed by atoms with Crippen LogP contribution < -0.4 is 5.32 Å². The SMILES string of the molecule is CCC(NC[C@H]1CC[C@@H](c2nc(C3CC3)no2)O1)c1cccc([N+](=O)[O-])c1. The maximum Gasteiger partial charge on any atom is 0.269 e. The van der Waals surface area contributed by atoms with E-state index in [9.17, 15) is 10.1 Å². The molecule has 3 atom stereocenters. The van der Waals surface area contributed by atoms with E-state index in [0.717, 1.165) is 43.5 Å². The molecule has 0 amide bonds. The molecule has 1 saturated carbocycles. The number of rotatable bonds is 8. The van der Waals surface area contributed by atoms with Crippen LogP contribution in [-0.2, 0) is 4.74 Å². The van der Waals surface area contributed by atoms with E-state index in [-0.39, 0.29) is 28.9 Å². The number of benzene rings is 1. The van der Waals surface area contributed by atoms with Crippen LogP contribution in [0.15, 0.2) is 28.8 Å². The van der Waals surface area contributed by atoms with Crippen molar-refractivity contribution in [2.45, 2.75) is 63.2 Å². The molecule has 1 aliphatic heterocycles. The van der Waals surface area contributed by atoms with Crippen molar-refractivity contribution in [1.29, 1.82) is 0 Å². The molecule has 2 fully saturated rings. The molecule has 1 saturated heterocycles. The molecule has 1 N–H and O–H groups in total. The van der Waals surface area contributed by atoms with Gasteiger partial charge in [0, 0.05) is 30.6 Å². The highest BCUT2D eigenvalue weighted by Crippen LogP contribution is 2.39. The van der Waals surface area contributed by atoms with Crippen molar-refractivity contribution < 1.29 is 14.2 Å². The van der Waals surface area contributed by atoms with Gasteiger partial charge in [-0.15, -0.1) is 0 Å². The zero-order valence-electron chi connectivity index (χ0n) is 15.3. The van der Waals surface area contributed by atoms with Gasteiger partial charge in [0.25, 0.3) is 11.6 Å². The van der Waals surface area contributed by atoms with Crippen LogP contribution in [-0.4, -0.2) is 27.7 Å². The van der Waals surface area contributed by atoms with Crippen molar-refractivity contribution in [3.05, 3.63) is 51.7 Å². The van der Waals surface area contributed by atoms with Crippen LogP contribution in [0.25, 0.3) is 0 Å². The summed E-state index contributed by atoms with van der Waals surface area (Å²) in [6.45, 7) is 2.74. The van der Waals surface area contributed by atoms with Gasteiger partial charge < -0.3 is 14.6 Å². The molecule has 2 aromatic rings. The molecule has 1 aromatic heterocycles. The van der Waals surface area contributed by atoms with Crippen molar-refractivity contribution in [2.75, 3.05) is 6.54 Å². The number of nitrogens with one attached hydrogen (secondary N) is 1. The molecule has 8 nitrogen and oxygen atoms in total. The molecule has 1 aromatic carbocycles. The maximum atomic E-state index is 11.0. The highest BCUT2D eigenvalue weighted by molar-refractivity contribution is 5.35. The van der Waals surface area contributed by atoms with E-state index < -0.39 is 0 Å². The second-order valence-corrected chi connectivity index (χ2v) is 7.31. The third kappa shape index (κ3) is 4.17. The van der Waals surface area contributed by atoms with Crippen molar-refractivity contribution in [2.24, 2.45) is 0 Å². The first-order chi connectivity index (χ1) is 13.1. The molecule has 2 aliphatic rings. The molecular formula is C19H24N4O4. The van der Waals surface area contributed by atoms with E-state index in [0.29, 0.717) is 18.4 Å². The standard InChI is InChI=1S/C19H24N4O4/c1-2-16(13-4-3-5-14(10-13)23(24)25)20-11-15-8-9-17(26-15)19-21-18(22-27-19)12-6-7-12/h3-5,10,12,15-17,20H,2,6-9,11H2,1H3/t15-,16?,17+/m1/s1. The first-order valence-electron chi connectivity index (χ1n) is 9.60. The second-order valence-electron chi connectivity index (χ2n) is 7.31. The molecule has 4 rings (SSSR count). The second kappa shape index (κ2) is 7.74. The van der Waals surface area contributed by atoms with Gasteiger partial charge in [0.1, 0.15) is 6.10 Å². The normalized spacial score (nSPS) is 23.4. The van der Waals surface area contributed by atoms with Crippen LogP contribution in [0.3, 0.4) is 0 Å². The Bertz CT molecular complexity index is 805. The Morgan fingerprint density at radius 3 is 2.93 bits per heavy atom. The summed E-state index contributed by atoms with van der Waals surface area (Å²) in [6.07, 6.45) is 4.86. The number of nitro benzene ring substituents is 1. The van der Waals surface area contributed by atoms with Crippen LogP contribution in [0, 0.1) is 10.1 Å². The predicted octanol–water partition coefficient (Wildman–Crippen LogP) is 3.82. The fraction of sp³-hybridized carbons (Fsp3) is 0.579. The van der Waals surface area contributed by atoms with Gasteiger partial charge in [-0.1, -0.05) is 24.2 Å². The zero-order chi connectivity index (χ0) is 18.8. The van der Waals surface area contributed by atoms with Gasteiger partial charge in [-0.3, -0.25) is 10.1 Å². The topological polar surface area (TPSA) is 103 Å². The third-order valence-electron chi connectivity index (χ3n) is 5.27. The number of nitrogens with zero attached hydrogens (tertiary/aromatic N) is 3. The molecular weight excluding hydrogens is 348 g/mol. The number of hydrogen-bond donors (Lipinski definition) is 1. The fourth-order valence-electron chi connectivity index (χ4n) is 3.55. The van der Waals surface area contributed by atoms with Crippen LogP contribution in [0.2, 0.25) is 0 Å². The van der Waals surface area contributed by atoms with E-state index >= 15 is 0 Å². The van der Waals surface area contributed by atoms with Crippen LogP contribution in [0.1, 0.15) is 74.4 Å². The molecule has 144 valence electrons. The van der Waals surface area contributed by atoms with Crippen LogP contribution >= 0.6 is 0 Å². The Kier molecular flexibility index (Phi) is 5.18. The Balaban J connectivity index is 1.32. The summed E-state index contributed by atoms with van der Waals surface area (Å²) in [5.74, 6) is 1.87. The van der Waals surface area contributed by atoms with E-state index in [1.165, 1.54) is 6.07 Å². The van der Waals surface area contributed by atoms with Gasteiger partial charge in [-0.05, 0) is 37.7 Å². The molecule has 2 heterocycles. The Labute approximate surface area is 157 Å². The molecule has 8 heteroatoms. The number of nitro groups is 1. The molecule has 27 heavy (non-hydrogen) atoms. The maximum absolute atomic E-state index is 11.0. The van der Waals surface area contributed by atoms with Crippen LogP contribution in [0.4, 0.5) is 5.69 Å².